The summed E-state index contributed by atoms with van der Waals surface area (Å²) in [5, 5.41) is 0.501. The summed E-state index contributed by atoms with van der Waals surface area (Å²) in [6, 6.07) is 18.2. The predicted molar refractivity (Wildman–Crippen MR) is 118 cm³/mol. The zero-order valence-electron chi connectivity index (χ0n) is 17.1. The molecule has 0 atom stereocenters. The van der Waals surface area contributed by atoms with Gasteiger partial charge in [-0.2, -0.15) is 0 Å². The van der Waals surface area contributed by atoms with E-state index in [9.17, 15) is 8.78 Å². The van der Waals surface area contributed by atoms with Crippen molar-refractivity contribution >= 4 is 17.4 Å². The number of nitrogens with zero attached hydrogens (tertiary/aromatic N) is 3. The fourth-order valence-electron chi connectivity index (χ4n) is 3.73. The van der Waals surface area contributed by atoms with E-state index < -0.39 is 0 Å². The van der Waals surface area contributed by atoms with Gasteiger partial charge in [-0.25, -0.2) is 13.8 Å². The van der Waals surface area contributed by atoms with Gasteiger partial charge in [0.05, 0.1) is 6.61 Å². The highest BCUT2D eigenvalue weighted by atomic mass is 35.5. The van der Waals surface area contributed by atoms with Gasteiger partial charge in [0.15, 0.2) is 0 Å². The molecule has 7 heteroatoms. The maximum absolute atomic E-state index is 13.4. The Morgan fingerprint density at radius 3 is 1.97 bits per heavy atom. The van der Waals surface area contributed by atoms with Crippen molar-refractivity contribution in [3.63, 3.8) is 0 Å². The molecule has 0 bridgehead atoms. The molecule has 2 heterocycles. The van der Waals surface area contributed by atoms with E-state index in [1.54, 1.807) is 30.3 Å². The summed E-state index contributed by atoms with van der Waals surface area (Å²) in [6.07, 6.45) is -0.377. The summed E-state index contributed by atoms with van der Waals surface area (Å²) < 4.78 is 32.9. The van der Waals surface area contributed by atoms with Crippen LogP contribution in [0.2, 0.25) is 5.15 Å². The van der Waals surface area contributed by atoms with Crippen LogP contribution in [-0.4, -0.2) is 49.2 Å². The summed E-state index contributed by atoms with van der Waals surface area (Å²) in [7, 11) is 0. The molecule has 0 spiro atoms. The second-order valence-corrected chi connectivity index (χ2v) is 7.89. The Kier molecular flexibility index (Phi) is 7.12. The first kappa shape index (κ1) is 21.7. The van der Waals surface area contributed by atoms with Crippen LogP contribution < -0.4 is 4.90 Å². The van der Waals surface area contributed by atoms with E-state index in [-0.39, 0.29) is 17.7 Å². The number of benzene rings is 2. The van der Waals surface area contributed by atoms with E-state index in [1.165, 1.54) is 24.3 Å². The lowest BCUT2D eigenvalue weighted by molar-refractivity contribution is 0.0585. The maximum atomic E-state index is 13.4. The van der Waals surface area contributed by atoms with Gasteiger partial charge in [-0.1, -0.05) is 41.9 Å². The highest BCUT2D eigenvalue weighted by Crippen LogP contribution is 2.26. The van der Waals surface area contributed by atoms with E-state index in [0.717, 1.165) is 49.7 Å². The van der Waals surface area contributed by atoms with Crippen LogP contribution in [0.25, 0.3) is 0 Å². The molecule has 0 saturated carbocycles. The first-order valence-electron chi connectivity index (χ1n) is 10.3. The number of rotatable bonds is 7. The SMILES string of the molecule is Fc1ccc(C(OCCN2CCN(c3cccc(Cl)n3)CC2)c2ccc(F)cc2)cc1. The molecule has 1 saturated heterocycles. The Morgan fingerprint density at radius 1 is 0.839 bits per heavy atom. The fourth-order valence-corrected chi connectivity index (χ4v) is 3.89. The average molecular weight is 444 g/mol. The number of halogens is 3. The molecule has 4 rings (SSSR count). The fraction of sp³-hybridized carbons (Fsp3) is 0.292. The van der Waals surface area contributed by atoms with Crippen molar-refractivity contribution in [3.05, 3.63) is 94.6 Å². The summed E-state index contributed by atoms with van der Waals surface area (Å²) in [5.41, 5.74) is 1.68. The summed E-state index contributed by atoms with van der Waals surface area (Å²) in [4.78, 5) is 8.95. The number of piperazine rings is 1. The molecular formula is C24H24ClF2N3O. The Morgan fingerprint density at radius 2 is 1.42 bits per heavy atom. The predicted octanol–water partition coefficient (Wildman–Crippen LogP) is 4.94. The standard InChI is InChI=1S/C24H24ClF2N3O/c25-22-2-1-3-23(28-22)30-14-12-29(13-15-30)16-17-31-24(18-4-8-20(26)9-5-18)19-6-10-21(27)11-7-19/h1-11,24H,12-17H2. The zero-order chi connectivity index (χ0) is 21.6. The van der Waals surface area contributed by atoms with Crippen molar-refractivity contribution in [3.8, 4) is 0 Å². The van der Waals surface area contributed by atoms with Crippen LogP contribution in [-0.2, 0) is 4.74 Å². The molecule has 0 unspecified atom stereocenters. The van der Waals surface area contributed by atoms with E-state index >= 15 is 0 Å². The molecule has 0 N–H and O–H groups in total. The van der Waals surface area contributed by atoms with Crippen molar-refractivity contribution < 1.29 is 13.5 Å². The lowest BCUT2D eigenvalue weighted by atomic mass is 10.0. The third-order valence-corrected chi connectivity index (χ3v) is 5.64. The lowest BCUT2D eigenvalue weighted by Crippen LogP contribution is -2.47. The van der Waals surface area contributed by atoms with Gasteiger partial charge in [-0.3, -0.25) is 4.90 Å². The molecule has 162 valence electrons. The maximum Gasteiger partial charge on any atom is 0.131 e. The molecule has 2 aromatic carbocycles. The van der Waals surface area contributed by atoms with Gasteiger partial charge in [0, 0.05) is 32.7 Å². The van der Waals surface area contributed by atoms with Crippen LogP contribution in [0, 0.1) is 11.6 Å². The van der Waals surface area contributed by atoms with Gasteiger partial charge in [0.25, 0.3) is 0 Å². The third-order valence-electron chi connectivity index (χ3n) is 5.43. The van der Waals surface area contributed by atoms with Crippen LogP contribution in [0.4, 0.5) is 14.6 Å². The van der Waals surface area contributed by atoms with Crippen molar-refractivity contribution in [1.29, 1.82) is 0 Å². The second kappa shape index (κ2) is 10.2. The van der Waals surface area contributed by atoms with Gasteiger partial charge in [0.2, 0.25) is 0 Å². The topological polar surface area (TPSA) is 28.6 Å². The Balaban J connectivity index is 1.34. The van der Waals surface area contributed by atoms with Crippen LogP contribution in [0.3, 0.4) is 0 Å². The minimum absolute atomic E-state index is 0.298. The smallest absolute Gasteiger partial charge is 0.131 e. The van der Waals surface area contributed by atoms with Gasteiger partial charge in [-0.05, 0) is 47.5 Å². The van der Waals surface area contributed by atoms with Crippen LogP contribution >= 0.6 is 11.6 Å². The second-order valence-electron chi connectivity index (χ2n) is 7.50. The number of anilines is 1. The number of hydrogen-bond acceptors (Lipinski definition) is 4. The molecule has 1 aromatic heterocycles. The summed E-state index contributed by atoms with van der Waals surface area (Å²) in [6.45, 7) is 4.81. The number of aromatic nitrogens is 1. The molecular weight excluding hydrogens is 420 g/mol. The van der Waals surface area contributed by atoms with Crippen LogP contribution in [0.5, 0.6) is 0 Å². The third kappa shape index (κ3) is 5.79. The molecule has 0 radical (unpaired) electrons. The molecule has 3 aromatic rings. The quantitative estimate of drug-likeness (QED) is 0.483. The number of pyridine rings is 1. The van der Waals surface area contributed by atoms with Crippen molar-refractivity contribution in [2.75, 3.05) is 44.2 Å². The molecule has 1 fully saturated rings. The van der Waals surface area contributed by atoms with Gasteiger partial charge < -0.3 is 9.64 Å². The summed E-state index contributed by atoms with van der Waals surface area (Å²) >= 11 is 6.00. The van der Waals surface area contributed by atoms with E-state index in [2.05, 4.69) is 14.8 Å². The van der Waals surface area contributed by atoms with E-state index in [0.29, 0.717) is 11.8 Å². The highest BCUT2D eigenvalue weighted by Gasteiger charge is 2.20. The van der Waals surface area contributed by atoms with Gasteiger partial charge in [-0.15, -0.1) is 0 Å². The molecule has 1 aliphatic rings. The largest absolute Gasteiger partial charge is 0.367 e. The van der Waals surface area contributed by atoms with Crippen molar-refractivity contribution in [1.82, 2.24) is 9.88 Å². The summed E-state index contributed by atoms with van der Waals surface area (Å²) in [5.74, 6) is 0.304. The molecule has 1 aliphatic heterocycles. The van der Waals surface area contributed by atoms with Gasteiger partial charge in [0.1, 0.15) is 28.7 Å². The zero-order valence-corrected chi connectivity index (χ0v) is 17.8. The molecule has 31 heavy (non-hydrogen) atoms. The minimum Gasteiger partial charge on any atom is -0.367 e. The Bertz CT molecular complexity index is 931. The number of ether oxygens (including phenoxy) is 1. The molecule has 0 aliphatic carbocycles. The minimum atomic E-state index is -0.377. The normalized spacial score (nSPS) is 14.9. The van der Waals surface area contributed by atoms with Crippen LogP contribution in [0.15, 0.2) is 66.7 Å². The van der Waals surface area contributed by atoms with Crippen molar-refractivity contribution in [2.24, 2.45) is 0 Å². The lowest BCUT2D eigenvalue weighted by Gasteiger charge is -2.35. The Hall–Kier alpha value is -2.54. The first-order valence-corrected chi connectivity index (χ1v) is 10.7. The van der Waals surface area contributed by atoms with Crippen LogP contribution in [0.1, 0.15) is 17.2 Å². The van der Waals surface area contributed by atoms with E-state index in [4.69, 9.17) is 16.3 Å². The molecule has 0 amide bonds. The van der Waals surface area contributed by atoms with Gasteiger partial charge >= 0.3 is 0 Å². The number of hydrogen-bond donors (Lipinski definition) is 0. The van der Waals surface area contributed by atoms with Crippen molar-refractivity contribution in [2.45, 2.75) is 6.10 Å². The first-order chi connectivity index (χ1) is 15.1. The average Bonchev–Trinajstić information content (AvgIpc) is 2.79. The highest BCUT2D eigenvalue weighted by molar-refractivity contribution is 6.29. The van der Waals surface area contributed by atoms with E-state index in [1.807, 2.05) is 12.1 Å². The Labute approximate surface area is 186 Å². The monoisotopic (exact) mass is 443 g/mol. The molecule has 4 nitrogen and oxygen atoms in total.